The Morgan fingerprint density at radius 2 is 2.47 bits per heavy atom. The van der Waals surface area contributed by atoms with Gasteiger partial charge in [-0.3, -0.25) is 9.59 Å². The van der Waals surface area contributed by atoms with Crippen LogP contribution in [-0.2, 0) is 20.9 Å². The second-order valence-electron chi connectivity index (χ2n) is 4.44. The molecule has 0 radical (unpaired) electrons. The standard InChI is InChI=1S/C13H18N2O4/c1-18-8-6-14-13(17)11-4-5-12(16)15(11)9-10-3-2-7-19-10/h2-3,7,11H,4-6,8-9H2,1H3,(H,14,17). The van der Waals surface area contributed by atoms with E-state index < -0.39 is 6.04 Å². The molecule has 0 saturated carbocycles. The second-order valence-corrected chi connectivity index (χ2v) is 4.44. The lowest BCUT2D eigenvalue weighted by Gasteiger charge is -2.23. The van der Waals surface area contributed by atoms with Crippen LogP contribution in [-0.4, -0.2) is 43.0 Å². The van der Waals surface area contributed by atoms with Gasteiger partial charge in [-0.2, -0.15) is 0 Å². The van der Waals surface area contributed by atoms with Crippen molar-refractivity contribution < 1.29 is 18.7 Å². The molecule has 6 nitrogen and oxygen atoms in total. The topological polar surface area (TPSA) is 71.8 Å². The van der Waals surface area contributed by atoms with Gasteiger partial charge >= 0.3 is 0 Å². The van der Waals surface area contributed by atoms with Gasteiger partial charge in [0.2, 0.25) is 11.8 Å². The first-order chi connectivity index (χ1) is 9.22. The molecule has 0 spiro atoms. The highest BCUT2D eigenvalue weighted by molar-refractivity contribution is 5.90. The number of ether oxygens (including phenoxy) is 1. The Kier molecular flexibility index (Phi) is 4.57. The molecule has 2 amide bonds. The molecule has 104 valence electrons. The van der Waals surface area contributed by atoms with Gasteiger partial charge in [0.25, 0.3) is 0 Å². The number of likely N-dealkylation sites (tertiary alicyclic amines) is 1. The molecule has 1 fully saturated rings. The van der Waals surface area contributed by atoms with Crippen LogP contribution in [0.4, 0.5) is 0 Å². The highest BCUT2D eigenvalue weighted by Crippen LogP contribution is 2.21. The summed E-state index contributed by atoms with van der Waals surface area (Å²) in [6.45, 7) is 1.26. The fourth-order valence-corrected chi connectivity index (χ4v) is 2.17. The third-order valence-electron chi connectivity index (χ3n) is 3.14. The first-order valence-corrected chi connectivity index (χ1v) is 6.31. The van der Waals surface area contributed by atoms with E-state index >= 15 is 0 Å². The molecule has 1 aromatic heterocycles. The van der Waals surface area contributed by atoms with Gasteiger partial charge in [0.05, 0.1) is 19.4 Å². The number of hydrogen-bond donors (Lipinski definition) is 1. The average Bonchev–Trinajstić information content (AvgIpc) is 3.02. The molecule has 0 bridgehead atoms. The van der Waals surface area contributed by atoms with E-state index in [1.54, 1.807) is 30.4 Å². The van der Waals surface area contributed by atoms with Crippen molar-refractivity contribution in [1.82, 2.24) is 10.2 Å². The maximum Gasteiger partial charge on any atom is 0.242 e. The average molecular weight is 266 g/mol. The number of nitrogens with one attached hydrogen (secondary N) is 1. The van der Waals surface area contributed by atoms with E-state index in [-0.39, 0.29) is 11.8 Å². The monoisotopic (exact) mass is 266 g/mol. The Labute approximate surface area is 111 Å². The van der Waals surface area contributed by atoms with E-state index in [0.717, 1.165) is 0 Å². The first kappa shape index (κ1) is 13.6. The minimum atomic E-state index is -0.408. The summed E-state index contributed by atoms with van der Waals surface area (Å²) in [6.07, 6.45) is 2.52. The molecule has 2 rings (SSSR count). The number of methoxy groups -OCH3 is 1. The molecule has 1 aliphatic heterocycles. The summed E-state index contributed by atoms with van der Waals surface area (Å²) >= 11 is 0. The van der Waals surface area contributed by atoms with Crippen LogP contribution in [0.15, 0.2) is 22.8 Å². The smallest absolute Gasteiger partial charge is 0.242 e. The van der Waals surface area contributed by atoms with E-state index in [4.69, 9.17) is 9.15 Å². The predicted molar refractivity (Wildman–Crippen MR) is 67.2 cm³/mol. The van der Waals surface area contributed by atoms with Crippen molar-refractivity contribution in [1.29, 1.82) is 0 Å². The molecule has 1 aromatic rings. The van der Waals surface area contributed by atoms with Gasteiger partial charge < -0.3 is 19.4 Å². The minimum Gasteiger partial charge on any atom is -0.467 e. The Morgan fingerprint density at radius 3 is 3.16 bits per heavy atom. The molecule has 6 heteroatoms. The molecular formula is C13H18N2O4. The summed E-state index contributed by atoms with van der Waals surface area (Å²) in [4.78, 5) is 25.4. The molecule has 1 saturated heterocycles. The summed E-state index contributed by atoms with van der Waals surface area (Å²) in [5.41, 5.74) is 0. The van der Waals surface area contributed by atoms with Crippen molar-refractivity contribution in [3.8, 4) is 0 Å². The summed E-state index contributed by atoms with van der Waals surface area (Å²) in [5.74, 6) is 0.544. The second kappa shape index (κ2) is 6.38. The molecule has 19 heavy (non-hydrogen) atoms. The van der Waals surface area contributed by atoms with Gasteiger partial charge in [0.1, 0.15) is 11.8 Å². The van der Waals surface area contributed by atoms with Crippen molar-refractivity contribution in [2.24, 2.45) is 0 Å². The number of hydrogen-bond acceptors (Lipinski definition) is 4. The predicted octanol–water partition coefficient (Wildman–Crippen LogP) is 0.533. The third kappa shape index (κ3) is 3.35. The van der Waals surface area contributed by atoms with Crippen LogP contribution >= 0.6 is 0 Å². The Bertz CT molecular complexity index is 430. The molecule has 2 heterocycles. The number of nitrogens with zero attached hydrogens (tertiary/aromatic N) is 1. The fourth-order valence-electron chi connectivity index (χ4n) is 2.17. The lowest BCUT2D eigenvalue weighted by molar-refractivity contribution is -0.136. The number of amides is 2. The van der Waals surface area contributed by atoms with Crippen LogP contribution in [0.25, 0.3) is 0 Å². The zero-order valence-electron chi connectivity index (χ0n) is 10.9. The molecule has 0 aliphatic carbocycles. The lowest BCUT2D eigenvalue weighted by Crippen LogP contribution is -2.45. The number of furan rings is 1. The number of rotatable bonds is 6. The fraction of sp³-hybridized carbons (Fsp3) is 0.538. The molecule has 0 aromatic carbocycles. The summed E-state index contributed by atoms with van der Waals surface area (Å²) < 4.78 is 10.1. The normalized spacial score (nSPS) is 18.9. The third-order valence-corrected chi connectivity index (χ3v) is 3.14. The number of carbonyl (C=O) groups excluding carboxylic acids is 2. The van der Waals surface area contributed by atoms with Crippen molar-refractivity contribution in [2.45, 2.75) is 25.4 Å². The van der Waals surface area contributed by atoms with Crippen molar-refractivity contribution in [3.05, 3.63) is 24.2 Å². The lowest BCUT2D eigenvalue weighted by atomic mass is 10.2. The Morgan fingerprint density at radius 1 is 1.63 bits per heavy atom. The largest absolute Gasteiger partial charge is 0.467 e. The van der Waals surface area contributed by atoms with Gasteiger partial charge in [-0.1, -0.05) is 0 Å². The van der Waals surface area contributed by atoms with Crippen molar-refractivity contribution >= 4 is 11.8 Å². The van der Waals surface area contributed by atoms with Gasteiger partial charge in [0.15, 0.2) is 0 Å². The molecule has 1 N–H and O–H groups in total. The van der Waals surface area contributed by atoms with Gasteiger partial charge in [-0.05, 0) is 18.6 Å². The minimum absolute atomic E-state index is 0.0108. The van der Waals surface area contributed by atoms with E-state index in [0.29, 0.717) is 38.3 Å². The van der Waals surface area contributed by atoms with E-state index in [2.05, 4.69) is 5.32 Å². The molecule has 1 atom stereocenters. The maximum atomic E-state index is 12.0. The highest BCUT2D eigenvalue weighted by atomic mass is 16.5. The van der Waals surface area contributed by atoms with Crippen molar-refractivity contribution in [2.75, 3.05) is 20.3 Å². The van der Waals surface area contributed by atoms with Crippen LogP contribution in [0, 0.1) is 0 Å². The van der Waals surface area contributed by atoms with Crippen molar-refractivity contribution in [3.63, 3.8) is 0 Å². The van der Waals surface area contributed by atoms with Gasteiger partial charge in [-0.25, -0.2) is 0 Å². The quantitative estimate of drug-likeness (QED) is 0.763. The van der Waals surface area contributed by atoms with Gasteiger partial charge in [0, 0.05) is 20.1 Å². The summed E-state index contributed by atoms with van der Waals surface area (Å²) in [5, 5.41) is 2.77. The first-order valence-electron chi connectivity index (χ1n) is 6.31. The Hall–Kier alpha value is -1.82. The zero-order valence-corrected chi connectivity index (χ0v) is 10.9. The van der Waals surface area contributed by atoms with E-state index in [1.165, 1.54) is 0 Å². The van der Waals surface area contributed by atoms with Crippen LogP contribution in [0.5, 0.6) is 0 Å². The van der Waals surface area contributed by atoms with Crippen LogP contribution < -0.4 is 5.32 Å². The van der Waals surface area contributed by atoms with Crippen LogP contribution in [0.3, 0.4) is 0 Å². The maximum absolute atomic E-state index is 12.0. The highest BCUT2D eigenvalue weighted by Gasteiger charge is 2.36. The van der Waals surface area contributed by atoms with E-state index in [1.807, 2.05) is 0 Å². The Balaban J connectivity index is 1.94. The van der Waals surface area contributed by atoms with Gasteiger partial charge in [-0.15, -0.1) is 0 Å². The molecule has 1 aliphatic rings. The van der Waals surface area contributed by atoms with E-state index in [9.17, 15) is 9.59 Å². The number of carbonyl (C=O) groups is 2. The molecule has 1 unspecified atom stereocenters. The van der Waals surface area contributed by atoms with Crippen LogP contribution in [0.2, 0.25) is 0 Å². The summed E-state index contributed by atoms with van der Waals surface area (Å²) in [6, 6.07) is 3.16. The van der Waals surface area contributed by atoms with Crippen LogP contribution in [0.1, 0.15) is 18.6 Å². The molecular weight excluding hydrogens is 248 g/mol. The zero-order chi connectivity index (χ0) is 13.7. The summed E-state index contributed by atoms with van der Waals surface area (Å²) in [7, 11) is 1.58. The SMILES string of the molecule is COCCNC(=O)C1CCC(=O)N1Cc1ccco1.